The molecule has 0 spiro atoms. The summed E-state index contributed by atoms with van der Waals surface area (Å²) in [5.74, 6) is 0. The molecule has 0 aliphatic heterocycles. The highest BCUT2D eigenvalue weighted by Gasteiger charge is 2.21. The van der Waals surface area contributed by atoms with Gasteiger partial charge in [0.15, 0.2) is 0 Å². The van der Waals surface area contributed by atoms with Crippen molar-refractivity contribution < 1.29 is 5.11 Å². The van der Waals surface area contributed by atoms with E-state index >= 15 is 0 Å². The molecule has 90 valence electrons. The van der Waals surface area contributed by atoms with Crippen LogP contribution >= 0.6 is 11.6 Å². The van der Waals surface area contributed by atoms with Crippen molar-refractivity contribution in [2.24, 2.45) is 5.41 Å². The molecule has 1 rings (SSSR count). The van der Waals surface area contributed by atoms with E-state index in [4.69, 9.17) is 11.6 Å². The van der Waals surface area contributed by atoms with Crippen LogP contribution in [0.4, 0.5) is 0 Å². The van der Waals surface area contributed by atoms with Crippen LogP contribution in [0.15, 0.2) is 24.3 Å². The molecular weight excluding hydrogens is 222 g/mol. The van der Waals surface area contributed by atoms with E-state index < -0.39 is 0 Å². The lowest BCUT2D eigenvalue weighted by Crippen LogP contribution is -2.36. The van der Waals surface area contributed by atoms with Gasteiger partial charge in [0.25, 0.3) is 0 Å². The highest BCUT2D eigenvalue weighted by molar-refractivity contribution is 6.30. The van der Waals surface area contributed by atoms with Crippen LogP contribution in [0.5, 0.6) is 0 Å². The summed E-state index contributed by atoms with van der Waals surface area (Å²) in [4.78, 5) is 0. The zero-order valence-electron chi connectivity index (χ0n) is 10.1. The van der Waals surface area contributed by atoms with Crippen LogP contribution in [-0.2, 0) is 6.54 Å². The van der Waals surface area contributed by atoms with Crippen LogP contribution in [0.2, 0.25) is 5.02 Å². The lowest BCUT2D eigenvalue weighted by atomic mass is 9.89. The summed E-state index contributed by atoms with van der Waals surface area (Å²) in [5.41, 5.74) is 1.10. The SMILES string of the molecule is CC(C)(C)C(O)CNCc1ccc(Cl)cc1. The van der Waals surface area contributed by atoms with Gasteiger partial charge in [0.2, 0.25) is 0 Å². The number of aliphatic hydroxyl groups is 1. The molecule has 0 radical (unpaired) electrons. The molecule has 0 saturated carbocycles. The van der Waals surface area contributed by atoms with Gasteiger partial charge in [-0.3, -0.25) is 0 Å². The van der Waals surface area contributed by atoms with Gasteiger partial charge in [0.05, 0.1) is 6.10 Å². The first-order valence-corrected chi connectivity index (χ1v) is 5.90. The minimum atomic E-state index is -0.334. The molecule has 0 bridgehead atoms. The Hall–Kier alpha value is -0.570. The van der Waals surface area contributed by atoms with Crippen LogP contribution in [0.1, 0.15) is 26.3 Å². The summed E-state index contributed by atoms with van der Waals surface area (Å²) in [6.45, 7) is 7.45. The van der Waals surface area contributed by atoms with E-state index in [1.165, 1.54) is 5.56 Å². The van der Waals surface area contributed by atoms with Crippen LogP contribution < -0.4 is 5.32 Å². The third kappa shape index (κ3) is 4.52. The Kier molecular flexibility index (Phi) is 4.78. The fourth-order valence-corrected chi connectivity index (χ4v) is 1.39. The Morgan fingerprint density at radius 3 is 2.31 bits per heavy atom. The number of benzene rings is 1. The standard InChI is InChI=1S/C13H20ClNO/c1-13(2,3)12(16)9-15-8-10-4-6-11(14)7-5-10/h4-7,12,15-16H,8-9H2,1-3H3. The van der Waals surface area contributed by atoms with Gasteiger partial charge < -0.3 is 10.4 Å². The predicted molar refractivity (Wildman–Crippen MR) is 68.6 cm³/mol. The molecule has 3 heteroatoms. The summed E-state index contributed by atoms with van der Waals surface area (Å²) in [6.07, 6.45) is -0.334. The Labute approximate surface area is 103 Å². The molecular formula is C13H20ClNO. The maximum atomic E-state index is 9.82. The Balaban J connectivity index is 2.33. The van der Waals surface area contributed by atoms with Crippen molar-refractivity contribution in [2.45, 2.75) is 33.4 Å². The Morgan fingerprint density at radius 2 is 1.81 bits per heavy atom. The third-order valence-electron chi connectivity index (χ3n) is 2.58. The maximum Gasteiger partial charge on any atom is 0.0712 e. The summed E-state index contributed by atoms with van der Waals surface area (Å²) in [7, 11) is 0. The van der Waals surface area contributed by atoms with Gasteiger partial charge in [-0.2, -0.15) is 0 Å². The summed E-state index contributed by atoms with van der Waals surface area (Å²) >= 11 is 5.80. The second-order valence-electron chi connectivity index (χ2n) is 5.14. The molecule has 0 amide bonds. The molecule has 1 aromatic rings. The van der Waals surface area contributed by atoms with Gasteiger partial charge in [0, 0.05) is 18.1 Å². The first kappa shape index (κ1) is 13.5. The molecule has 0 heterocycles. The minimum Gasteiger partial charge on any atom is -0.391 e. The quantitative estimate of drug-likeness (QED) is 0.850. The molecule has 2 N–H and O–H groups in total. The monoisotopic (exact) mass is 241 g/mol. The first-order valence-electron chi connectivity index (χ1n) is 5.53. The molecule has 0 fully saturated rings. The molecule has 1 unspecified atom stereocenters. The van der Waals surface area contributed by atoms with Gasteiger partial charge in [-0.15, -0.1) is 0 Å². The zero-order valence-corrected chi connectivity index (χ0v) is 10.9. The summed E-state index contributed by atoms with van der Waals surface area (Å²) in [5, 5.41) is 13.8. The molecule has 0 aromatic heterocycles. The summed E-state index contributed by atoms with van der Waals surface area (Å²) < 4.78 is 0. The van der Waals surface area contributed by atoms with Crippen molar-refractivity contribution in [2.75, 3.05) is 6.54 Å². The van der Waals surface area contributed by atoms with Crippen LogP contribution in [-0.4, -0.2) is 17.8 Å². The van der Waals surface area contributed by atoms with Crippen molar-refractivity contribution in [1.29, 1.82) is 0 Å². The van der Waals surface area contributed by atoms with Crippen molar-refractivity contribution in [3.63, 3.8) is 0 Å². The van der Waals surface area contributed by atoms with Gasteiger partial charge in [0.1, 0.15) is 0 Å². The Bertz CT molecular complexity index is 316. The number of rotatable bonds is 4. The molecule has 16 heavy (non-hydrogen) atoms. The van der Waals surface area contributed by atoms with E-state index in [9.17, 15) is 5.11 Å². The van der Waals surface area contributed by atoms with E-state index in [1.54, 1.807) is 0 Å². The van der Waals surface area contributed by atoms with Gasteiger partial charge in [-0.05, 0) is 23.1 Å². The normalized spacial score (nSPS) is 13.8. The lowest BCUT2D eigenvalue weighted by molar-refractivity contribution is 0.0628. The molecule has 2 nitrogen and oxygen atoms in total. The van der Waals surface area contributed by atoms with Crippen molar-refractivity contribution in [1.82, 2.24) is 5.32 Å². The van der Waals surface area contributed by atoms with E-state index in [0.717, 1.165) is 11.6 Å². The number of aliphatic hydroxyl groups excluding tert-OH is 1. The van der Waals surface area contributed by atoms with Crippen LogP contribution in [0.25, 0.3) is 0 Å². The smallest absolute Gasteiger partial charge is 0.0712 e. The average Bonchev–Trinajstić information content (AvgIpc) is 2.19. The topological polar surface area (TPSA) is 32.3 Å². The van der Waals surface area contributed by atoms with Crippen LogP contribution in [0.3, 0.4) is 0 Å². The Morgan fingerprint density at radius 1 is 1.25 bits per heavy atom. The van der Waals surface area contributed by atoms with E-state index in [2.05, 4.69) is 5.32 Å². The van der Waals surface area contributed by atoms with Crippen molar-refractivity contribution in [3.05, 3.63) is 34.9 Å². The second-order valence-corrected chi connectivity index (χ2v) is 5.58. The molecule has 1 atom stereocenters. The lowest BCUT2D eigenvalue weighted by Gasteiger charge is -2.26. The number of hydrogen-bond donors (Lipinski definition) is 2. The largest absolute Gasteiger partial charge is 0.391 e. The minimum absolute atomic E-state index is 0.0764. The maximum absolute atomic E-state index is 9.82. The van der Waals surface area contributed by atoms with Crippen molar-refractivity contribution >= 4 is 11.6 Å². The fourth-order valence-electron chi connectivity index (χ4n) is 1.26. The van der Waals surface area contributed by atoms with Crippen LogP contribution in [0, 0.1) is 5.41 Å². The number of nitrogens with one attached hydrogen (secondary N) is 1. The third-order valence-corrected chi connectivity index (χ3v) is 2.83. The molecule has 0 aliphatic carbocycles. The molecule has 0 saturated heterocycles. The van der Waals surface area contributed by atoms with Gasteiger partial charge in [-0.25, -0.2) is 0 Å². The molecule has 0 aliphatic rings. The van der Waals surface area contributed by atoms with Gasteiger partial charge >= 0.3 is 0 Å². The van der Waals surface area contributed by atoms with Crippen molar-refractivity contribution in [3.8, 4) is 0 Å². The van der Waals surface area contributed by atoms with E-state index in [0.29, 0.717) is 6.54 Å². The first-order chi connectivity index (χ1) is 7.39. The highest BCUT2D eigenvalue weighted by Crippen LogP contribution is 2.18. The van der Waals surface area contributed by atoms with E-state index in [-0.39, 0.29) is 11.5 Å². The molecule has 1 aromatic carbocycles. The number of hydrogen-bond acceptors (Lipinski definition) is 2. The average molecular weight is 242 g/mol. The highest BCUT2D eigenvalue weighted by atomic mass is 35.5. The predicted octanol–water partition coefficient (Wildman–Crippen LogP) is 2.84. The second kappa shape index (κ2) is 5.67. The van der Waals surface area contributed by atoms with Gasteiger partial charge in [-0.1, -0.05) is 44.5 Å². The fraction of sp³-hybridized carbons (Fsp3) is 0.538. The zero-order chi connectivity index (χ0) is 12.2. The number of halogens is 1. The van der Waals surface area contributed by atoms with E-state index in [1.807, 2.05) is 45.0 Å². The summed E-state index contributed by atoms with van der Waals surface area (Å²) in [6, 6.07) is 7.72.